The standard InChI is InChI=1S/C27H22Cl2N12O6S2/c28-17-11-15(48(42,43)44)3-7-21(17)38-40-23-5-1-13(9-19(23)30)33-26-35-25(32)36-27(37-26)34-14-2-6-24(20(31)10-14)41-39-22-8-4-16(12-18(22)29)49(45,46)47/h1-12H,30-31H2,(H,42,43,44)(H,45,46,47)(H4,32,33,34,35,36,37). The van der Waals surface area contributed by atoms with Crippen LogP contribution >= 0.6 is 23.2 Å². The number of nitrogens with one attached hydrogen (secondary N) is 2. The zero-order valence-electron chi connectivity index (χ0n) is 24.4. The van der Waals surface area contributed by atoms with E-state index in [-0.39, 0.29) is 71.8 Å². The summed E-state index contributed by atoms with van der Waals surface area (Å²) in [6.45, 7) is 0. The van der Waals surface area contributed by atoms with Crippen LogP contribution in [-0.4, -0.2) is 40.9 Å². The maximum atomic E-state index is 11.3. The summed E-state index contributed by atoms with van der Waals surface area (Å²) in [7, 11) is -8.86. The SMILES string of the molecule is Nc1nc(Nc2ccc(N=Nc3ccc(S(=O)(=O)O)cc3Cl)c(N)c2)nc(Nc2ccc(N=Nc3ccc(S(=O)(=O)O)cc3Cl)c(N)c2)n1. The van der Waals surface area contributed by atoms with Crippen molar-refractivity contribution in [3.8, 4) is 0 Å². The quantitative estimate of drug-likeness (QED) is 0.0443. The second-order valence-corrected chi connectivity index (χ2v) is 13.4. The van der Waals surface area contributed by atoms with Crippen molar-refractivity contribution in [2.75, 3.05) is 27.8 Å². The first-order valence-electron chi connectivity index (χ1n) is 13.3. The predicted octanol–water partition coefficient (Wildman–Crippen LogP) is 6.74. The summed E-state index contributed by atoms with van der Waals surface area (Å²) < 4.78 is 63.5. The van der Waals surface area contributed by atoms with Crippen LogP contribution in [0.15, 0.2) is 103 Å². The van der Waals surface area contributed by atoms with Gasteiger partial charge in [0.15, 0.2) is 0 Å². The Morgan fingerprint density at radius 3 is 1.27 bits per heavy atom. The van der Waals surface area contributed by atoms with Crippen LogP contribution in [0.1, 0.15) is 0 Å². The monoisotopic (exact) mass is 744 g/mol. The molecule has 0 saturated carbocycles. The number of hydrogen-bond acceptors (Lipinski definition) is 16. The Hall–Kier alpha value is -5.51. The molecule has 0 radical (unpaired) electrons. The molecule has 0 saturated heterocycles. The number of azo groups is 2. The summed E-state index contributed by atoms with van der Waals surface area (Å²) in [4.78, 5) is 11.7. The van der Waals surface area contributed by atoms with E-state index in [2.05, 4.69) is 46.0 Å². The molecule has 0 fully saturated rings. The van der Waals surface area contributed by atoms with E-state index >= 15 is 0 Å². The lowest BCUT2D eigenvalue weighted by molar-refractivity contribution is 0.481. The third kappa shape index (κ3) is 8.90. The summed E-state index contributed by atoms with van der Waals surface area (Å²) in [5.74, 6) is 0.0418. The number of benzene rings is 4. The van der Waals surface area contributed by atoms with E-state index in [1.54, 1.807) is 24.3 Å². The van der Waals surface area contributed by atoms with Gasteiger partial charge >= 0.3 is 0 Å². The minimum absolute atomic E-state index is 0.0497. The summed E-state index contributed by atoms with van der Waals surface area (Å²) in [5.41, 5.74) is 20.4. The lowest BCUT2D eigenvalue weighted by Gasteiger charge is -2.10. The Balaban J connectivity index is 1.27. The summed E-state index contributed by atoms with van der Waals surface area (Å²) >= 11 is 12.1. The number of hydrogen-bond donors (Lipinski definition) is 7. The van der Waals surface area contributed by atoms with Gasteiger partial charge in [-0.2, -0.15) is 31.8 Å². The minimum atomic E-state index is -4.43. The first-order chi connectivity index (χ1) is 23.0. The Morgan fingerprint density at radius 2 is 0.918 bits per heavy atom. The molecular formula is C27H22Cl2N12O6S2. The molecule has 0 spiro atoms. The van der Waals surface area contributed by atoms with Gasteiger partial charge in [0.1, 0.15) is 22.7 Å². The van der Waals surface area contributed by atoms with E-state index in [1.807, 2.05) is 0 Å². The molecule has 22 heteroatoms. The highest BCUT2D eigenvalue weighted by Gasteiger charge is 2.14. The smallest absolute Gasteiger partial charge is 0.294 e. The molecule has 5 rings (SSSR count). The molecule has 0 aliphatic carbocycles. The molecule has 0 bridgehead atoms. The van der Waals surface area contributed by atoms with Gasteiger partial charge in [0.2, 0.25) is 17.8 Å². The van der Waals surface area contributed by atoms with Gasteiger partial charge < -0.3 is 27.8 Å². The van der Waals surface area contributed by atoms with E-state index < -0.39 is 20.2 Å². The van der Waals surface area contributed by atoms with Crippen molar-refractivity contribution in [1.82, 2.24) is 15.0 Å². The minimum Gasteiger partial charge on any atom is -0.397 e. The van der Waals surface area contributed by atoms with Gasteiger partial charge in [-0.3, -0.25) is 9.11 Å². The molecule has 10 N–H and O–H groups in total. The second kappa shape index (κ2) is 13.9. The Bertz CT molecular complexity index is 2220. The maximum Gasteiger partial charge on any atom is 0.294 e. The van der Waals surface area contributed by atoms with Crippen LogP contribution < -0.4 is 27.8 Å². The molecule has 0 unspecified atom stereocenters. The van der Waals surface area contributed by atoms with E-state index in [0.29, 0.717) is 11.4 Å². The van der Waals surface area contributed by atoms with Crippen LogP contribution in [0.3, 0.4) is 0 Å². The van der Waals surface area contributed by atoms with Crippen molar-refractivity contribution in [1.29, 1.82) is 0 Å². The van der Waals surface area contributed by atoms with Gasteiger partial charge in [0.05, 0.1) is 31.2 Å². The molecule has 252 valence electrons. The zero-order chi connectivity index (χ0) is 35.5. The van der Waals surface area contributed by atoms with E-state index in [9.17, 15) is 16.8 Å². The highest BCUT2D eigenvalue weighted by Crippen LogP contribution is 2.34. The van der Waals surface area contributed by atoms with E-state index in [4.69, 9.17) is 49.5 Å². The topological polar surface area (TPSA) is 299 Å². The van der Waals surface area contributed by atoms with Gasteiger partial charge in [-0.15, -0.1) is 20.5 Å². The van der Waals surface area contributed by atoms with Crippen molar-refractivity contribution < 1.29 is 25.9 Å². The largest absolute Gasteiger partial charge is 0.397 e. The average molecular weight is 746 g/mol. The first-order valence-corrected chi connectivity index (χ1v) is 16.9. The predicted molar refractivity (Wildman–Crippen MR) is 183 cm³/mol. The lowest BCUT2D eigenvalue weighted by atomic mass is 10.2. The molecule has 5 aromatic rings. The fourth-order valence-corrected chi connectivity index (χ4v) is 5.46. The lowest BCUT2D eigenvalue weighted by Crippen LogP contribution is -2.07. The van der Waals surface area contributed by atoms with Gasteiger partial charge in [0.25, 0.3) is 20.2 Å². The number of nitrogens with two attached hydrogens (primary N) is 3. The summed E-state index contributed by atoms with van der Waals surface area (Å²) in [6.07, 6.45) is 0. The molecule has 18 nitrogen and oxygen atoms in total. The number of halogens is 2. The van der Waals surface area contributed by atoms with Crippen LogP contribution in [-0.2, 0) is 20.2 Å². The molecule has 0 amide bonds. The summed E-state index contributed by atoms with van der Waals surface area (Å²) in [5, 5.41) is 21.9. The molecular weight excluding hydrogens is 723 g/mol. The van der Waals surface area contributed by atoms with Crippen LogP contribution in [0.4, 0.5) is 63.3 Å². The second-order valence-electron chi connectivity index (χ2n) is 9.71. The van der Waals surface area contributed by atoms with Crippen molar-refractivity contribution in [3.63, 3.8) is 0 Å². The van der Waals surface area contributed by atoms with Crippen molar-refractivity contribution in [2.24, 2.45) is 20.5 Å². The van der Waals surface area contributed by atoms with Crippen molar-refractivity contribution in [2.45, 2.75) is 9.79 Å². The highest BCUT2D eigenvalue weighted by molar-refractivity contribution is 7.86. The number of nitrogen functional groups attached to an aromatic ring is 3. The fraction of sp³-hybridized carbons (Fsp3) is 0. The highest BCUT2D eigenvalue weighted by atomic mass is 35.5. The van der Waals surface area contributed by atoms with Crippen LogP contribution in [0.2, 0.25) is 10.0 Å². The molecule has 49 heavy (non-hydrogen) atoms. The Kier molecular flexibility index (Phi) is 9.89. The molecule has 0 atom stereocenters. The number of anilines is 7. The number of nitrogens with zero attached hydrogens (tertiary/aromatic N) is 7. The average Bonchev–Trinajstić information content (AvgIpc) is 3.00. The molecule has 0 aliphatic rings. The van der Waals surface area contributed by atoms with Gasteiger partial charge in [-0.05, 0) is 72.8 Å². The number of aromatic nitrogens is 3. The molecule has 1 heterocycles. The molecule has 4 aromatic carbocycles. The first kappa shape index (κ1) is 34.8. The third-order valence-corrected chi connectivity index (χ3v) is 8.49. The normalized spacial score (nSPS) is 12.1. The van der Waals surface area contributed by atoms with Crippen molar-refractivity contribution >= 4 is 107 Å². The van der Waals surface area contributed by atoms with Crippen LogP contribution in [0.25, 0.3) is 0 Å². The van der Waals surface area contributed by atoms with Gasteiger partial charge in [0, 0.05) is 11.4 Å². The summed E-state index contributed by atoms with van der Waals surface area (Å²) in [6, 6.07) is 16.3. The van der Waals surface area contributed by atoms with Gasteiger partial charge in [-0.1, -0.05) is 23.2 Å². The number of rotatable bonds is 10. The van der Waals surface area contributed by atoms with E-state index in [1.165, 1.54) is 24.3 Å². The maximum absolute atomic E-state index is 11.3. The van der Waals surface area contributed by atoms with E-state index in [0.717, 1.165) is 24.3 Å². The van der Waals surface area contributed by atoms with Crippen LogP contribution in [0, 0.1) is 0 Å². The van der Waals surface area contributed by atoms with Gasteiger partial charge in [-0.25, -0.2) is 0 Å². The van der Waals surface area contributed by atoms with Crippen molar-refractivity contribution in [3.05, 3.63) is 82.8 Å². The zero-order valence-corrected chi connectivity index (χ0v) is 27.5. The molecule has 1 aromatic heterocycles. The Labute approximate surface area is 287 Å². The third-order valence-electron chi connectivity index (χ3n) is 6.19. The molecule has 0 aliphatic heterocycles. The van der Waals surface area contributed by atoms with Crippen LogP contribution in [0.5, 0.6) is 0 Å². The fourth-order valence-electron chi connectivity index (χ4n) is 3.88. The Morgan fingerprint density at radius 1 is 0.551 bits per heavy atom.